The minimum absolute atomic E-state index is 0.00446. The number of halogens is 3. The third kappa shape index (κ3) is 5.38. The summed E-state index contributed by atoms with van der Waals surface area (Å²) in [4.78, 5) is 0. The summed E-state index contributed by atoms with van der Waals surface area (Å²) >= 11 is 0. The van der Waals surface area contributed by atoms with E-state index in [0.29, 0.717) is 12.2 Å². The fraction of sp³-hybridized carbons (Fsp3) is 0.667. The number of alkyl halides is 3. The van der Waals surface area contributed by atoms with Gasteiger partial charge in [0.2, 0.25) is 0 Å². The van der Waals surface area contributed by atoms with Crippen molar-refractivity contribution in [1.29, 1.82) is 0 Å². The average Bonchev–Trinajstić information content (AvgIpc) is 2.70. The van der Waals surface area contributed by atoms with Gasteiger partial charge in [0.25, 0.3) is 0 Å². The van der Waals surface area contributed by atoms with E-state index in [4.69, 9.17) is 14.0 Å². The highest BCUT2D eigenvalue weighted by molar-refractivity contribution is 6.62. The number of hydrogen-bond donors (Lipinski definition) is 0. The predicted octanol–water partition coefficient (Wildman–Crippen LogP) is 3.64. The summed E-state index contributed by atoms with van der Waals surface area (Å²) in [5.74, 6) is 0.651. The molecule has 1 aliphatic rings. The normalized spacial score (nSPS) is 19.0. The number of hydrogen-bond acceptors (Lipinski definition) is 4. The topological polar surface area (TPSA) is 36.9 Å². The first-order valence-electron chi connectivity index (χ1n) is 8.65. The van der Waals surface area contributed by atoms with Gasteiger partial charge >= 0.3 is 13.3 Å². The van der Waals surface area contributed by atoms with Crippen molar-refractivity contribution in [3.8, 4) is 5.75 Å². The molecule has 0 atom stereocenters. The first kappa shape index (κ1) is 21.1. The van der Waals surface area contributed by atoms with Gasteiger partial charge in [-0.2, -0.15) is 13.2 Å². The molecule has 0 radical (unpaired) electrons. The van der Waals surface area contributed by atoms with Crippen LogP contribution in [0.5, 0.6) is 5.75 Å². The molecule has 0 N–H and O–H groups in total. The Morgan fingerprint density at radius 3 is 2.19 bits per heavy atom. The van der Waals surface area contributed by atoms with E-state index in [2.05, 4.69) is 4.74 Å². The average molecular weight is 374 g/mol. The van der Waals surface area contributed by atoms with Gasteiger partial charge in [0.05, 0.1) is 24.4 Å². The second kappa shape index (κ2) is 7.78. The van der Waals surface area contributed by atoms with E-state index in [-0.39, 0.29) is 13.2 Å². The lowest BCUT2D eigenvalue weighted by Crippen LogP contribution is -2.41. The van der Waals surface area contributed by atoms with Crippen molar-refractivity contribution >= 4 is 12.6 Å². The van der Waals surface area contributed by atoms with Crippen LogP contribution in [-0.4, -0.2) is 44.3 Å². The molecule has 1 fully saturated rings. The maximum atomic E-state index is 12.0. The fourth-order valence-corrected chi connectivity index (χ4v) is 2.51. The molecule has 0 aromatic heterocycles. The SMILES string of the molecule is Cc1cc(OCCCOCC(F)(F)F)ccc1B1OC(C)(C)C(C)(C)O1. The molecule has 1 aromatic rings. The van der Waals surface area contributed by atoms with Gasteiger partial charge in [0.15, 0.2) is 0 Å². The van der Waals surface area contributed by atoms with E-state index >= 15 is 0 Å². The van der Waals surface area contributed by atoms with Crippen molar-refractivity contribution in [2.75, 3.05) is 19.8 Å². The third-order valence-corrected chi connectivity index (χ3v) is 4.72. The summed E-state index contributed by atoms with van der Waals surface area (Å²) in [5, 5.41) is 0. The highest BCUT2D eigenvalue weighted by Gasteiger charge is 2.52. The molecule has 0 spiro atoms. The summed E-state index contributed by atoms with van der Waals surface area (Å²) in [5.41, 5.74) is 1.09. The van der Waals surface area contributed by atoms with Gasteiger partial charge in [-0.25, -0.2) is 0 Å². The van der Waals surface area contributed by atoms with E-state index in [1.807, 2.05) is 52.8 Å². The van der Waals surface area contributed by atoms with Crippen LogP contribution >= 0.6 is 0 Å². The molecule has 1 aromatic carbocycles. The zero-order chi connectivity index (χ0) is 19.6. The van der Waals surface area contributed by atoms with Crippen molar-refractivity contribution in [2.45, 2.75) is 58.4 Å². The van der Waals surface area contributed by atoms with Crippen LogP contribution in [0.2, 0.25) is 0 Å². The van der Waals surface area contributed by atoms with E-state index in [0.717, 1.165) is 11.0 Å². The number of aryl methyl sites for hydroxylation is 1. The number of ether oxygens (including phenoxy) is 2. The van der Waals surface area contributed by atoms with Gasteiger partial charge in [-0.3, -0.25) is 0 Å². The summed E-state index contributed by atoms with van der Waals surface area (Å²) in [6.45, 7) is 9.01. The molecular weight excluding hydrogens is 348 g/mol. The summed E-state index contributed by atoms with van der Waals surface area (Å²) in [6.07, 6.45) is -3.91. The quantitative estimate of drug-likeness (QED) is 0.540. The van der Waals surface area contributed by atoms with Crippen molar-refractivity contribution in [1.82, 2.24) is 0 Å². The standard InChI is InChI=1S/C18H26BF3O4/c1-13-11-14(24-10-6-9-23-12-18(20,21)22)7-8-15(13)19-25-16(2,3)17(4,5)26-19/h7-8,11H,6,9-10,12H2,1-5H3. The highest BCUT2D eigenvalue weighted by Crippen LogP contribution is 2.36. The Kier molecular flexibility index (Phi) is 6.30. The Hall–Kier alpha value is -1.25. The van der Waals surface area contributed by atoms with Gasteiger partial charge < -0.3 is 18.8 Å². The summed E-state index contributed by atoms with van der Waals surface area (Å²) in [7, 11) is -0.440. The lowest BCUT2D eigenvalue weighted by Gasteiger charge is -2.32. The molecule has 0 saturated carbocycles. The first-order chi connectivity index (χ1) is 11.9. The Morgan fingerprint density at radius 2 is 1.65 bits per heavy atom. The molecule has 4 nitrogen and oxygen atoms in total. The summed E-state index contributed by atoms with van der Waals surface area (Å²) in [6, 6.07) is 5.58. The van der Waals surface area contributed by atoms with Crippen LogP contribution in [0.1, 0.15) is 39.7 Å². The minimum Gasteiger partial charge on any atom is -0.494 e. The zero-order valence-electron chi connectivity index (χ0n) is 15.9. The molecule has 1 aliphatic heterocycles. The van der Waals surface area contributed by atoms with Gasteiger partial charge in [0, 0.05) is 6.42 Å². The molecule has 146 valence electrons. The van der Waals surface area contributed by atoms with Gasteiger partial charge in [-0.1, -0.05) is 6.07 Å². The lowest BCUT2D eigenvalue weighted by molar-refractivity contribution is -0.174. The second-order valence-electron chi connectivity index (χ2n) is 7.48. The molecule has 0 bridgehead atoms. The van der Waals surface area contributed by atoms with Crippen LogP contribution in [-0.2, 0) is 14.0 Å². The minimum atomic E-state index is -4.29. The van der Waals surface area contributed by atoms with Crippen molar-refractivity contribution < 1.29 is 32.0 Å². The van der Waals surface area contributed by atoms with E-state index in [9.17, 15) is 13.2 Å². The largest absolute Gasteiger partial charge is 0.495 e. The van der Waals surface area contributed by atoms with E-state index in [1.165, 1.54) is 0 Å². The molecule has 0 amide bonds. The molecular formula is C18H26BF3O4. The molecule has 0 aliphatic carbocycles. The molecule has 26 heavy (non-hydrogen) atoms. The van der Waals surface area contributed by atoms with Crippen molar-refractivity contribution in [2.24, 2.45) is 0 Å². The van der Waals surface area contributed by atoms with Crippen LogP contribution in [0, 0.1) is 6.92 Å². The zero-order valence-corrected chi connectivity index (χ0v) is 15.9. The number of rotatable bonds is 7. The van der Waals surface area contributed by atoms with Gasteiger partial charge in [-0.15, -0.1) is 0 Å². The Labute approximate surface area is 153 Å². The van der Waals surface area contributed by atoms with Gasteiger partial charge in [-0.05, 0) is 57.8 Å². The van der Waals surface area contributed by atoms with Crippen LogP contribution in [0.25, 0.3) is 0 Å². The maximum Gasteiger partial charge on any atom is 0.495 e. The Bertz CT molecular complexity index is 601. The van der Waals surface area contributed by atoms with Crippen LogP contribution in [0.15, 0.2) is 18.2 Å². The summed E-state index contributed by atoms with van der Waals surface area (Å²) < 4.78 is 58.1. The number of benzene rings is 1. The van der Waals surface area contributed by atoms with E-state index < -0.39 is 31.1 Å². The highest BCUT2D eigenvalue weighted by atomic mass is 19.4. The van der Waals surface area contributed by atoms with E-state index in [1.54, 1.807) is 0 Å². The van der Waals surface area contributed by atoms with Crippen LogP contribution < -0.4 is 10.2 Å². The Morgan fingerprint density at radius 1 is 1.04 bits per heavy atom. The van der Waals surface area contributed by atoms with Crippen molar-refractivity contribution in [3.63, 3.8) is 0 Å². The molecule has 1 heterocycles. The lowest BCUT2D eigenvalue weighted by atomic mass is 9.76. The first-order valence-corrected chi connectivity index (χ1v) is 8.65. The third-order valence-electron chi connectivity index (χ3n) is 4.72. The second-order valence-corrected chi connectivity index (χ2v) is 7.48. The molecule has 0 unspecified atom stereocenters. The maximum absolute atomic E-state index is 12.0. The molecule has 1 saturated heterocycles. The fourth-order valence-electron chi connectivity index (χ4n) is 2.51. The van der Waals surface area contributed by atoms with Crippen LogP contribution in [0.4, 0.5) is 13.2 Å². The van der Waals surface area contributed by atoms with Crippen molar-refractivity contribution in [3.05, 3.63) is 23.8 Å². The monoisotopic (exact) mass is 374 g/mol. The predicted molar refractivity (Wildman–Crippen MR) is 93.9 cm³/mol. The smallest absolute Gasteiger partial charge is 0.494 e. The van der Waals surface area contributed by atoms with Crippen LogP contribution in [0.3, 0.4) is 0 Å². The molecule has 8 heteroatoms. The molecule has 2 rings (SSSR count). The van der Waals surface area contributed by atoms with Gasteiger partial charge in [0.1, 0.15) is 12.4 Å². The Balaban J connectivity index is 1.84.